The summed E-state index contributed by atoms with van der Waals surface area (Å²) in [5.74, 6) is 1.66. The van der Waals surface area contributed by atoms with E-state index >= 15 is 0 Å². The van der Waals surface area contributed by atoms with Crippen LogP contribution in [-0.4, -0.2) is 6.61 Å². The minimum absolute atomic E-state index is 0.491. The van der Waals surface area contributed by atoms with Gasteiger partial charge in [0.1, 0.15) is 24.7 Å². The van der Waals surface area contributed by atoms with Crippen molar-refractivity contribution in [3.63, 3.8) is 0 Å². The Morgan fingerprint density at radius 2 is 1.58 bits per heavy atom. The van der Waals surface area contributed by atoms with Gasteiger partial charge in [-0.3, -0.25) is 0 Å². The first-order chi connectivity index (χ1) is 15.0. The number of hydrogen-bond donors (Lipinski definition) is 0. The molecule has 1 aliphatic rings. The Morgan fingerprint density at radius 1 is 0.871 bits per heavy atom. The number of hydrogen-bond acceptors (Lipinski definition) is 2. The van der Waals surface area contributed by atoms with Crippen molar-refractivity contribution in [1.82, 2.24) is 0 Å². The molecule has 0 N–H and O–H groups in total. The Morgan fingerprint density at radius 3 is 2.29 bits per heavy atom. The number of halogens is 2. The minimum Gasteiger partial charge on any atom is -0.490 e. The zero-order valence-corrected chi connectivity index (χ0v) is 18.5. The van der Waals surface area contributed by atoms with E-state index in [1.807, 2.05) is 42.5 Å². The third kappa shape index (κ3) is 5.22. The van der Waals surface area contributed by atoms with Crippen LogP contribution in [-0.2, 0) is 13.0 Å². The van der Waals surface area contributed by atoms with Gasteiger partial charge in [0.05, 0.1) is 0 Å². The average Bonchev–Trinajstić information content (AvgIpc) is 3.05. The van der Waals surface area contributed by atoms with E-state index in [4.69, 9.17) is 32.7 Å². The first kappa shape index (κ1) is 21.3. The SMILES string of the molecule is C=CCOc1ccc(COc2ccc3c(c2)C/C(=C\c2cc(Cl)cc(Cl)c2)C3=C)cc1. The Bertz CT molecular complexity index is 1140. The molecule has 0 radical (unpaired) electrons. The summed E-state index contributed by atoms with van der Waals surface area (Å²) in [4.78, 5) is 0. The van der Waals surface area contributed by atoms with Gasteiger partial charge < -0.3 is 9.47 Å². The van der Waals surface area contributed by atoms with Crippen molar-refractivity contribution >= 4 is 34.9 Å². The van der Waals surface area contributed by atoms with Gasteiger partial charge in [0, 0.05) is 10.0 Å². The van der Waals surface area contributed by atoms with Gasteiger partial charge >= 0.3 is 0 Å². The molecule has 31 heavy (non-hydrogen) atoms. The lowest BCUT2D eigenvalue weighted by Gasteiger charge is -2.09. The fourth-order valence-corrected chi connectivity index (χ4v) is 4.13. The van der Waals surface area contributed by atoms with E-state index in [0.29, 0.717) is 23.3 Å². The summed E-state index contributed by atoms with van der Waals surface area (Å²) < 4.78 is 11.5. The van der Waals surface area contributed by atoms with Crippen molar-refractivity contribution < 1.29 is 9.47 Å². The highest BCUT2D eigenvalue weighted by atomic mass is 35.5. The normalized spacial score (nSPS) is 13.9. The Kier molecular flexibility index (Phi) is 6.50. The third-order valence-electron chi connectivity index (χ3n) is 5.09. The van der Waals surface area contributed by atoms with Crippen molar-refractivity contribution in [2.75, 3.05) is 6.61 Å². The van der Waals surface area contributed by atoms with E-state index in [9.17, 15) is 0 Å². The number of rotatable bonds is 7. The Balaban J connectivity index is 1.44. The summed E-state index contributed by atoms with van der Waals surface area (Å²) in [6, 6.07) is 19.6. The smallest absolute Gasteiger partial charge is 0.120 e. The van der Waals surface area contributed by atoms with E-state index < -0.39 is 0 Å². The molecular weight excluding hydrogens is 427 g/mol. The van der Waals surface area contributed by atoms with Gasteiger partial charge in [-0.1, -0.05) is 66.7 Å². The highest BCUT2D eigenvalue weighted by Gasteiger charge is 2.20. The third-order valence-corrected chi connectivity index (χ3v) is 5.53. The molecule has 0 aliphatic heterocycles. The van der Waals surface area contributed by atoms with Gasteiger partial charge in [-0.2, -0.15) is 0 Å². The molecule has 0 unspecified atom stereocenters. The van der Waals surface area contributed by atoms with E-state index in [-0.39, 0.29) is 0 Å². The molecule has 4 rings (SSSR count). The lowest BCUT2D eigenvalue weighted by Crippen LogP contribution is -1.97. The quantitative estimate of drug-likeness (QED) is 0.343. The summed E-state index contributed by atoms with van der Waals surface area (Å²) >= 11 is 12.3. The van der Waals surface area contributed by atoms with Crippen LogP contribution in [0.5, 0.6) is 11.5 Å². The molecule has 0 saturated carbocycles. The lowest BCUT2D eigenvalue weighted by atomic mass is 10.0. The van der Waals surface area contributed by atoms with Crippen LogP contribution in [0.25, 0.3) is 11.6 Å². The summed E-state index contributed by atoms with van der Waals surface area (Å²) in [5.41, 5.74) is 6.58. The van der Waals surface area contributed by atoms with Crippen molar-refractivity contribution in [1.29, 1.82) is 0 Å². The topological polar surface area (TPSA) is 18.5 Å². The van der Waals surface area contributed by atoms with E-state index in [1.54, 1.807) is 12.1 Å². The predicted octanol–water partition coefficient (Wildman–Crippen LogP) is 7.79. The Hall–Kier alpha value is -2.94. The van der Waals surface area contributed by atoms with Crippen molar-refractivity contribution in [2.45, 2.75) is 13.0 Å². The highest BCUT2D eigenvalue weighted by Crippen LogP contribution is 2.38. The molecule has 0 spiro atoms. The fraction of sp³-hybridized carbons (Fsp3) is 0.111. The molecule has 0 heterocycles. The number of allylic oxidation sites excluding steroid dienone is 2. The first-order valence-electron chi connectivity index (χ1n) is 9.96. The second-order valence-corrected chi connectivity index (χ2v) is 8.25. The van der Waals surface area contributed by atoms with Gasteiger partial charge in [0.2, 0.25) is 0 Å². The molecular formula is C27H22Cl2O2. The number of benzene rings is 3. The van der Waals surface area contributed by atoms with Crippen LogP contribution in [0.4, 0.5) is 0 Å². The van der Waals surface area contributed by atoms with Crippen LogP contribution in [0.1, 0.15) is 22.3 Å². The van der Waals surface area contributed by atoms with Crippen LogP contribution < -0.4 is 9.47 Å². The number of fused-ring (bicyclic) bond motifs is 1. The molecule has 0 fully saturated rings. The molecule has 0 amide bonds. The second-order valence-electron chi connectivity index (χ2n) is 7.38. The molecule has 0 saturated heterocycles. The maximum atomic E-state index is 6.13. The number of ether oxygens (including phenoxy) is 2. The van der Waals surface area contributed by atoms with E-state index in [2.05, 4.69) is 31.4 Å². The summed E-state index contributed by atoms with van der Waals surface area (Å²) in [6.07, 6.45) is 4.62. The van der Waals surface area contributed by atoms with E-state index in [1.165, 1.54) is 5.56 Å². The summed E-state index contributed by atoms with van der Waals surface area (Å²) in [7, 11) is 0. The Labute approximate surface area is 193 Å². The van der Waals surface area contributed by atoms with Gasteiger partial charge in [-0.25, -0.2) is 0 Å². The lowest BCUT2D eigenvalue weighted by molar-refractivity contribution is 0.305. The largest absolute Gasteiger partial charge is 0.490 e. The van der Waals surface area contributed by atoms with E-state index in [0.717, 1.165) is 45.8 Å². The van der Waals surface area contributed by atoms with Gasteiger partial charge in [-0.05, 0) is 82.3 Å². The van der Waals surface area contributed by atoms with Gasteiger partial charge in [0.15, 0.2) is 0 Å². The first-order valence-corrected chi connectivity index (χ1v) is 10.7. The molecule has 1 aliphatic carbocycles. The van der Waals surface area contributed by atoms with Crippen molar-refractivity contribution in [2.24, 2.45) is 0 Å². The minimum atomic E-state index is 0.491. The highest BCUT2D eigenvalue weighted by molar-refractivity contribution is 6.34. The van der Waals surface area contributed by atoms with Crippen LogP contribution in [0.3, 0.4) is 0 Å². The molecule has 0 bridgehead atoms. The van der Waals surface area contributed by atoms with Crippen LogP contribution in [0.2, 0.25) is 10.0 Å². The predicted molar refractivity (Wildman–Crippen MR) is 130 cm³/mol. The maximum Gasteiger partial charge on any atom is 0.120 e. The molecule has 3 aromatic carbocycles. The van der Waals surface area contributed by atoms with Crippen LogP contribution in [0, 0.1) is 0 Å². The second kappa shape index (κ2) is 9.47. The van der Waals surface area contributed by atoms with Crippen LogP contribution in [0.15, 0.2) is 85.5 Å². The molecule has 2 nitrogen and oxygen atoms in total. The average molecular weight is 449 g/mol. The zero-order valence-electron chi connectivity index (χ0n) is 17.0. The molecule has 0 atom stereocenters. The standard InChI is InChI=1S/C27H22Cl2O2/c1-3-10-30-25-6-4-19(5-7-25)17-31-26-8-9-27-18(2)21(14-22(27)15-26)11-20-12-23(28)16-24(29)13-20/h3-9,11-13,15-16H,1-2,10,14,17H2/b21-11+. The van der Waals surface area contributed by atoms with Crippen molar-refractivity contribution in [3.8, 4) is 11.5 Å². The fourth-order valence-electron chi connectivity index (χ4n) is 3.59. The van der Waals surface area contributed by atoms with Gasteiger partial charge in [0.25, 0.3) is 0 Å². The monoisotopic (exact) mass is 448 g/mol. The maximum absolute atomic E-state index is 6.13. The molecule has 0 aromatic heterocycles. The zero-order chi connectivity index (χ0) is 21.8. The van der Waals surface area contributed by atoms with Gasteiger partial charge in [-0.15, -0.1) is 0 Å². The van der Waals surface area contributed by atoms with Crippen molar-refractivity contribution in [3.05, 3.63) is 118 Å². The summed E-state index contributed by atoms with van der Waals surface area (Å²) in [6.45, 7) is 8.92. The molecule has 3 aromatic rings. The summed E-state index contributed by atoms with van der Waals surface area (Å²) in [5, 5.41) is 1.24. The molecule has 156 valence electrons. The molecule has 4 heteroatoms. The van der Waals surface area contributed by atoms with Crippen LogP contribution >= 0.6 is 23.2 Å².